The average molecular weight is 383 g/mol. The summed E-state index contributed by atoms with van der Waals surface area (Å²) in [5.41, 5.74) is 0.0594. The van der Waals surface area contributed by atoms with Crippen LogP contribution in [0.2, 0.25) is 0 Å². The van der Waals surface area contributed by atoms with Gasteiger partial charge in [-0.1, -0.05) is 0 Å². The van der Waals surface area contributed by atoms with Crippen molar-refractivity contribution in [1.29, 1.82) is 5.26 Å². The minimum atomic E-state index is -0.507. The van der Waals surface area contributed by atoms with Gasteiger partial charge in [0.1, 0.15) is 35.5 Å². The molecule has 8 heteroatoms. The fraction of sp³-hybridized carbons (Fsp3) is 0.400. The summed E-state index contributed by atoms with van der Waals surface area (Å²) < 4.78 is 27.4. The average Bonchev–Trinajstić information content (AvgIpc) is 3.01. The van der Waals surface area contributed by atoms with Gasteiger partial charge in [0.2, 0.25) is 5.91 Å². The molecule has 0 bridgehead atoms. The van der Waals surface area contributed by atoms with Gasteiger partial charge in [0.05, 0.1) is 5.41 Å². The standard InChI is InChI=1S/C20H19F2N5O/c21-15-1-2-17(22)14(9-15)12-27-8-5-20(19(27)28)3-6-26(7-4-20)18-10-16(11-23)24-13-25-18/h1-2,9-10,13H,3-8,12H2. The van der Waals surface area contributed by atoms with Crippen molar-refractivity contribution in [2.75, 3.05) is 24.5 Å². The molecule has 1 aromatic carbocycles. The van der Waals surface area contributed by atoms with Crippen LogP contribution in [0.25, 0.3) is 0 Å². The van der Waals surface area contributed by atoms with Crippen LogP contribution in [0.15, 0.2) is 30.6 Å². The van der Waals surface area contributed by atoms with Gasteiger partial charge in [0, 0.05) is 37.8 Å². The third-order valence-electron chi connectivity index (χ3n) is 5.78. The second-order valence-electron chi connectivity index (χ2n) is 7.35. The molecule has 1 aromatic heterocycles. The number of hydrogen-bond donors (Lipinski definition) is 0. The number of aromatic nitrogens is 2. The van der Waals surface area contributed by atoms with Crippen LogP contribution in [0.3, 0.4) is 0 Å². The molecule has 0 saturated carbocycles. The Kier molecular flexibility index (Phi) is 4.67. The Labute approximate surface area is 161 Å². The van der Waals surface area contributed by atoms with Crippen molar-refractivity contribution in [2.24, 2.45) is 5.41 Å². The zero-order valence-electron chi connectivity index (χ0n) is 15.2. The summed E-state index contributed by atoms with van der Waals surface area (Å²) in [7, 11) is 0. The Morgan fingerprint density at radius 3 is 2.61 bits per heavy atom. The Morgan fingerprint density at radius 1 is 1.11 bits per heavy atom. The highest BCUT2D eigenvalue weighted by Crippen LogP contribution is 2.42. The minimum absolute atomic E-state index is 0.0104. The normalized spacial score (nSPS) is 18.5. The lowest BCUT2D eigenvalue weighted by molar-refractivity contribution is -0.137. The monoisotopic (exact) mass is 383 g/mol. The highest BCUT2D eigenvalue weighted by molar-refractivity contribution is 5.85. The first-order chi connectivity index (χ1) is 13.5. The van der Waals surface area contributed by atoms with Gasteiger partial charge in [0.15, 0.2) is 0 Å². The van der Waals surface area contributed by atoms with Crippen molar-refractivity contribution in [3.8, 4) is 6.07 Å². The lowest BCUT2D eigenvalue weighted by atomic mass is 9.77. The number of carbonyl (C=O) groups is 1. The molecule has 4 rings (SSSR count). The first-order valence-corrected chi connectivity index (χ1v) is 9.21. The van der Waals surface area contributed by atoms with E-state index in [1.807, 2.05) is 6.07 Å². The van der Waals surface area contributed by atoms with Crippen LogP contribution in [0.1, 0.15) is 30.5 Å². The summed E-state index contributed by atoms with van der Waals surface area (Å²) in [5.74, 6) is -0.309. The fourth-order valence-electron chi connectivity index (χ4n) is 4.12. The molecule has 0 radical (unpaired) electrons. The third-order valence-corrected chi connectivity index (χ3v) is 5.78. The summed E-state index contributed by atoms with van der Waals surface area (Å²) in [5, 5.41) is 8.99. The van der Waals surface area contributed by atoms with E-state index in [0.29, 0.717) is 50.4 Å². The van der Waals surface area contributed by atoms with Crippen LogP contribution in [0.5, 0.6) is 0 Å². The lowest BCUT2D eigenvalue weighted by Gasteiger charge is -2.38. The molecule has 0 aliphatic carbocycles. The van der Waals surface area contributed by atoms with Crippen molar-refractivity contribution in [2.45, 2.75) is 25.8 Å². The first kappa shape index (κ1) is 18.3. The first-order valence-electron chi connectivity index (χ1n) is 9.21. The molecular formula is C20H19F2N5O. The number of nitrogens with zero attached hydrogens (tertiary/aromatic N) is 5. The van der Waals surface area contributed by atoms with Gasteiger partial charge in [-0.25, -0.2) is 18.7 Å². The van der Waals surface area contributed by atoms with Crippen molar-refractivity contribution < 1.29 is 13.6 Å². The molecule has 0 atom stereocenters. The van der Waals surface area contributed by atoms with E-state index in [0.717, 1.165) is 18.2 Å². The Morgan fingerprint density at radius 2 is 1.86 bits per heavy atom. The predicted molar refractivity (Wildman–Crippen MR) is 97.0 cm³/mol. The maximum absolute atomic E-state index is 13.9. The molecule has 1 amide bonds. The molecule has 2 aromatic rings. The number of likely N-dealkylation sites (tertiary alicyclic amines) is 1. The third kappa shape index (κ3) is 3.28. The summed E-state index contributed by atoms with van der Waals surface area (Å²) in [6.07, 6.45) is 3.41. The van der Waals surface area contributed by atoms with Crippen LogP contribution in [-0.4, -0.2) is 40.4 Å². The topological polar surface area (TPSA) is 73.1 Å². The SMILES string of the molecule is N#Cc1cc(N2CCC3(CCN(Cc4cc(F)ccc4F)C3=O)CC2)ncn1. The molecule has 144 valence electrons. The van der Waals surface area contributed by atoms with Gasteiger partial charge in [-0.05, 0) is 37.5 Å². The maximum atomic E-state index is 13.9. The molecule has 2 fully saturated rings. The Hall–Kier alpha value is -3.08. The van der Waals surface area contributed by atoms with Crippen LogP contribution in [0, 0.1) is 28.4 Å². The number of anilines is 1. The number of halogens is 2. The number of hydrogen-bond acceptors (Lipinski definition) is 5. The van der Waals surface area contributed by atoms with Crippen molar-refractivity contribution >= 4 is 11.7 Å². The van der Waals surface area contributed by atoms with Gasteiger partial charge in [-0.3, -0.25) is 4.79 Å². The van der Waals surface area contributed by atoms with E-state index in [4.69, 9.17) is 5.26 Å². The van der Waals surface area contributed by atoms with Crippen molar-refractivity contribution in [3.63, 3.8) is 0 Å². The molecule has 0 unspecified atom stereocenters. The Balaban J connectivity index is 1.44. The molecule has 28 heavy (non-hydrogen) atoms. The Bertz CT molecular complexity index is 950. The number of benzene rings is 1. The van der Waals surface area contributed by atoms with E-state index in [1.54, 1.807) is 11.0 Å². The summed E-state index contributed by atoms with van der Waals surface area (Å²) >= 11 is 0. The fourth-order valence-corrected chi connectivity index (χ4v) is 4.12. The quantitative estimate of drug-likeness (QED) is 0.815. The molecule has 0 N–H and O–H groups in total. The molecule has 2 saturated heterocycles. The van der Waals surface area contributed by atoms with Gasteiger partial charge >= 0.3 is 0 Å². The number of rotatable bonds is 3. The van der Waals surface area contributed by atoms with Crippen LogP contribution in [-0.2, 0) is 11.3 Å². The molecule has 6 nitrogen and oxygen atoms in total. The van der Waals surface area contributed by atoms with E-state index in [-0.39, 0.29) is 18.0 Å². The maximum Gasteiger partial charge on any atom is 0.229 e. The van der Waals surface area contributed by atoms with Crippen LogP contribution in [0.4, 0.5) is 14.6 Å². The van der Waals surface area contributed by atoms with E-state index in [1.165, 1.54) is 6.33 Å². The smallest absolute Gasteiger partial charge is 0.229 e. The van der Waals surface area contributed by atoms with Crippen molar-refractivity contribution in [3.05, 3.63) is 53.5 Å². The van der Waals surface area contributed by atoms with E-state index >= 15 is 0 Å². The second kappa shape index (κ2) is 7.15. The van der Waals surface area contributed by atoms with Gasteiger partial charge in [-0.15, -0.1) is 0 Å². The molecular weight excluding hydrogens is 364 g/mol. The number of amides is 1. The van der Waals surface area contributed by atoms with E-state index in [9.17, 15) is 13.6 Å². The summed E-state index contributed by atoms with van der Waals surface area (Å²) in [6, 6.07) is 6.97. The summed E-state index contributed by atoms with van der Waals surface area (Å²) in [6.45, 7) is 1.93. The summed E-state index contributed by atoms with van der Waals surface area (Å²) in [4.78, 5) is 24.8. The number of carbonyl (C=O) groups excluding carboxylic acids is 1. The number of nitriles is 1. The van der Waals surface area contributed by atoms with Crippen molar-refractivity contribution in [1.82, 2.24) is 14.9 Å². The van der Waals surface area contributed by atoms with Gasteiger partial charge < -0.3 is 9.80 Å². The van der Waals surface area contributed by atoms with Crippen LogP contribution >= 0.6 is 0 Å². The molecule has 1 spiro atoms. The highest BCUT2D eigenvalue weighted by atomic mass is 19.1. The minimum Gasteiger partial charge on any atom is -0.356 e. The largest absolute Gasteiger partial charge is 0.356 e. The number of piperidine rings is 1. The molecule has 3 heterocycles. The van der Waals surface area contributed by atoms with Gasteiger partial charge in [0.25, 0.3) is 0 Å². The lowest BCUT2D eigenvalue weighted by Crippen LogP contribution is -2.45. The second-order valence-corrected chi connectivity index (χ2v) is 7.35. The zero-order valence-corrected chi connectivity index (χ0v) is 15.2. The van der Waals surface area contributed by atoms with Gasteiger partial charge in [-0.2, -0.15) is 5.26 Å². The molecule has 2 aliphatic rings. The molecule has 2 aliphatic heterocycles. The van der Waals surface area contributed by atoms with E-state index < -0.39 is 17.0 Å². The predicted octanol–water partition coefficient (Wildman–Crippen LogP) is 2.65. The highest BCUT2D eigenvalue weighted by Gasteiger charge is 2.48. The van der Waals surface area contributed by atoms with Crippen LogP contribution < -0.4 is 4.90 Å². The van der Waals surface area contributed by atoms with E-state index in [2.05, 4.69) is 14.9 Å². The zero-order chi connectivity index (χ0) is 19.7.